The highest BCUT2D eigenvalue weighted by atomic mass is 19.1. The number of aromatic nitrogens is 1. The summed E-state index contributed by atoms with van der Waals surface area (Å²) < 4.78 is 19.5. The number of hydrogen-bond donors (Lipinski definition) is 2. The largest absolute Gasteiger partial charge is 0.374 e. The lowest BCUT2D eigenvalue weighted by molar-refractivity contribution is 0.0646. The minimum Gasteiger partial charge on any atom is -0.374 e. The molecule has 1 atom stereocenters. The van der Waals surface area contributed by atoms with Crippen LogP contribution in [0.1, 0.15) is 37.6 Å². The fraction of sp³-hybridized carbons (Fsp3) is 0.400. The summed E-state index contributed by atoms with van der Waals surface area (Å²) in [5, 5.41) is 6.38. The smallest absolute Gasteiger partial charge is 0.191 e. The van der Waals surface area contributed by atoms with Crippen molar-refractivity contribution >= 4 is 5.96 Å². The van der Waals surface area contributed by atoms with Gasteiger partial charge >= 0.3 is 0 Å². The maximum Gasteiger partial charge on any atom is 0.191 e. The molecule has 5 nitrogen and oxygen atoms in total. The van der Waals surface area contributed by atoms with Crippen LogP contribution < -0.4 is 10.6 Å². The maximum absolute atomic E-state index is 13.6. The minimum atomic E-state index is -0.338. The summed E-state index contributed by atoms with van der Waals surface area (Å²) in [6, 6.07) is 13.1. The molecule has 0 aliphatic carbocycles. The summed E-state index contributed by atoms with van der Waals surface area (Å²) >= 11 is 0. The zero-order chi connectivity index (χ0) is 18.6. The molecular formula is C20H27FN4O. The lowest BCUT2D eigenvalue weighted by Crippen LogP contribution is -2.38. The highest BCUT2D eigenvalue weighted by molar-refractivity contribution is 5.79. The molecule has 0 aliphatic heterocycles. The van der Waals surface area contributed by atoms with Crippen LogP contribution in [0.2, 0.25) is 0 Å². The van der Waals surface area contributed by atoms with Gasteiger partial charge in [0.25, 0.3) is 0 Å². The molecule has 0 saturated carbocycles. The van der Waals surface area contributed by atoms with Crippen LogP contribution in [0.15, 0.2) is 53.7 Å². The van der Waals surface area contributed by atoms with Crippen molar-refractivity contribution in [2.75, 3.05) is 19.7 Å². The summed E-state index contributed by atoms with van der Waals surface area (Å²) in [4.78, 5) is 8.39. The molecule has 1 heterocycles. The molecule has 1 aromatic carbocycles. The van der Waals surface area contributed by atoms with Crippen LogP contribution in [0.3, 0.4) is 0 Å². The summed E-state index contributed by atoms with van der Waals surface area (Å²) in [6.45, 7) is 6.34. The first-order valence-corrected chi connectivity index (χ1v) is 8.98. The molecule has 6 heteroatoms. The van der Waals surface area contributed by atoms with E-state index < -0.39 is 0 Å². The van der Waals surface area contributed by atoms with E-state index in [1.54, 1.807) is 12.3 Å². The van der Waals surface area contributed by atoms with Gasteiger partial charge in [-0.1, -0.05) is 30.3 Å². The van der Waals surface area contributed by atoms with E-state index in [0.29, 0.717) is 18.3 Å². The number of rotatable bonds is 9. The van der Waals surface area contributed by atoms with Gasteiger partial charge < -0.3 is 15.4 Å². The first-order valence-electron chi connectivity index (χ1n) is 8.98. The molecule has 0 amide bonds. The Balaban J connectivity index is 1.72. The first kappa shape index (κ1) is 19.8. The van der Waals surface area contributed by atoms with E-state index in [1.165, 1.54) is 11.6 Å². The van der Waals surface area contributed by atoms with Gasteiger partial charge in [0.05, 0.1) is 18.3 Å². The summed E-state index contributed by atoms with van der Waals surface area (Å²) in [7, 11) is 0. The van der Waals surface area contributed by atoms with Gasteiger partial charge in [-0.15, -0.1) is 0 Å². The number of benzene rings is 1. The lowest BCUT2D eigenvalue weighted by atomic mass is 10.1. The molecule has 1 aromatic heterocycles. The third-order valence-corrected chi connectivity index (χ3v) is 3.82. The van der Waals surface area contributed by atoms with E-state index in [9.17, 15) is 4.39 Å². The Morgan fingerprint density at radius 2 is 2.00 bits per heavy atom. The molecule has 140 valence electrons. The van der Waals surface area contributed by atoms with Crippen LogP contribution in [0, 0.1) is 5.82 Å². The van der Waals surface area contributed by atoms with Gasteiger partial charge in [0.15, 0.2) is 5.96 Å². The molecule has 0 radical (unpaired) electrons. The maximum atomic E-state index is 13.6. The van der Waals surface area contributed by atoms with E-state index in [4.69, 9.17) is 4.74 Å². The molecule has 0 spiro atoms. The van der Waals surface area contributed by atoms with Crippen molar-refractivity contribution in [3.8, 4) is 0 Å². The fourth-order valence-electron chi connectivity index (χ4n) is 2.39. The number of nitrogens with one attached hydrogen (secondary N) is 2. The van der Waals surface area contributed by atoms with Crippen molar-refractivity contribution in [3.63, 3.8) is 0 Å². The number of guanidine groups is 1. The number of ether oxygens (including phenoxy) is 1. The number of pyridine rings is 1. The predicted molar refractivity (Wildman–Crippen MR) is 102 cm³/mol. The molecule has 2 aromatic rings. The SMILES string of the molecule is CCNC(=NCc1ncccc1F)NCCCOC(C)c1ccccc1. The van der Waals surface area contributed by atoms with E-state index in [2.05, 4.69) is 39.7 Å². The van der Waals surface area contributed by atoms with Crippen LogP contribution in [-0.2, 0) is 11.3 Å². The van der Waals surface area contributed by atoms with Crippen LogP contribution in [0.5, 0.6) is 0 Å². The number of hydrogen-bond acceptors (Lipinski definition) is 3. The third-order valence-electron chi connectivity index (χ3n) is 3.82. The van der Waals surface area contributed by atoms with Gasteiger partial charge in [-0.3, -0.25) is 4.98 Å². The zero-order valence-corrected chi connectivity index (χ0v) is 15.4. The second kappa shape index (κ2) is 11.2. The monoisotopic (exact) mass is 358 g/mol. The van der Waals surface area contributed by atoms with Crippen molar-refractivity contribution in [2.45, 2.75) is 32.9 Å². The summed E-state index contributed by atoms with van der Waals surface area (Å²) in [5.41, 5.74) is 1.51. The minimum absolute atomic E-state index is 0.0743. The van der Waals surface area contributed by atoms with Gasteiger partial charge in [0.2, 0.25) is 0 Å². The Labute approximate surface area is 154 Å². The van der Waals surface area contributed by atoms with E-state index in [1.807, 2.05) is 25.1 Å². The van der Waals surface area contributed by atoms with E-state index in [0.717, 1.165) is 19.5 Å². The molecule has 1 unspecified atom stereocenters. The van der Waals surface area contributed by atoms with Crippen molar-refractivity contribution in [3.05, 3.63) is 65.7 Å². The Morgan fingerprint density at radius 3 is 2.73 bits per heavy atom. The van der Waals surface area contributed by atoms with Gasteiger partial charge in [-0.25, -0.2) is 9.38 Å². The molecule has 0 aliphatic rings. The fourth-order valence-corrected chi connectivity index (χ4v) is 2.39. The van der Waals surface area contributed by atoms with Gasteiger partial charge in [0.1, 0.15) is 5.82 Å². The van der Waals surface area contributed by atoms with E-state index in [-0.39, 0.29) is 18.5 Å². The molecule has 26 heavy (non-hydrogen) atoms. The van der Waals surface area contributed by atoms with Crippen molar-refractivity contribution in [2.24, 2.45) is 4.99 Å². The van der Waals surface area contributed by atoms with Crippen LogP contribution >= 0.6 is 0 Å². The second-order valence-corrected chi connectivity index (χ2v) is 5.83. The Morgan fingerprint density at radius 1 is 1.19 bits per heavy atom. The second-order valence-electron chi connectivity index (χ2n) is 5.83. The van der Waals surface area contributed by atoms with Crippen LogP contribution in [0.25, 0.3) is 0 Å². The number of aliphatic imine (C=N–C) groups is 1. The van der Waals surface area contributed by atoms with Crippen LogP contribution in [0.4, 0.5) is 4.39 Å². The Kier molecular flexibility index (Phi) is 8.55. The molecule has 0 saturated heterocycles. The quantitative estimate of drug-likeness (QED) is 0.410. The van der Waals surface area contributed by atoms with Gasteiger partial charge in [-0.05, 0) is 38.0 Å². The van der Waals surface area contributed by atoms with E-state index >= 15 is 0 Å². The zero-order valence-electron chi connectivity index (χ0n) is 15.4. The standard InChI is InChI=1S/C20H27FN4O/c1-3-22-20(25-15-19-18(21)11-7-12-23-19)24-13-8-14-26-16(2)17-9-5-4-6-10-17/h4-7,9-12,16H,3,8,13-15H2,1-2H3,(H2,22,24,25). The predicted octanol–water partition coefficient (Wildman–Crippen LogP) is 3.44. The van der Waals surface area contributed by atoms with Gasteiger partial charge in [-0.2, -0.15) is 0 Å². The van der Waals surface area contributed by atoms with Crippen molar-refractivity contribution in [1.29, 1.82) is 0 Å². The highest BCUT2D eigenvalue weighted by Crippen LogP contribution is 2.15. The Bertz CT molecular complexity index is 679. The average Bonchev–Trinajstić information content (AvgIpc) is 2.67. The first-order chi connectivity index (χ1) is 12.7. The number of halogens is 1. The molecule has 2 N–H and O–H groups in total. The molecular weight excluding hydrogens is 331 g/mol. The average molecular weight is 358 g/mol. The Hall–Kier alpha value is -2.47. The van der Waals surface area contributed by atoms with Crippen LogP contribution in [-0.4, -0.2) is 30.6 Å². The molecule has 0 fully saturated rings. The normalized spacial score (nSPS) is 12.7. The topological polar surface area (TPSA) is 58.5 Å². The number of nitrogens with zero attached hydrogens (tertiary/aromatic N) is 2. The summed E-state index contributed by atoms with van der Waals surface area (Å²) in [5.74, 6) is 0.309. The van der Waals surface area contributed by atoms with Gasteiger partial charge in [0, 0.05) is 25.9 Å². The third kappa shape index (κ3) is 6.80. The van der Waals surface area contributed by atoms with Crippen molar-refractivity contribution in [1.82, 2.24) is 15.6 Å². The molecule has 2 rings (SSSR count). The highest BCUT2D eigenvalue weighted by Gasteiger charge is 2.05. The summed E-state index contributed by atoms with van der Waals surface area (Å²) in [6.07, 6.45) is 2.49. The van der Waals surface area contributed by atoms with Crippen molar-refractivity contribution < 1.29 is 9.13 Å². The molecule has 0 bridgehead atoms. The lowest BCUT2D eigenvalue weighted by Gasteiger charge is -2.14.